The number of amides is 3. The van der Waals surface area contributed by atoms with Crippen molar-refractivity contribution < 1.29 is 18.8 Å². The number of nitrogens with zero attached hydrogens (tertiary/aromatic N) is 1. The van der Waals surface area contributed by atoms with Gasteiger partial charge in [0.1, 0.15) is 17.6 Å². The smallest absolute Gasteiger partial charge is 0.255 e. The summed E-state index contributed by atoms with van der Waals surface area (Å²) in [5.74, 6) is 1.35. The Labute approximate surface area is 160 Å². The fourth-order valence-corrected chi connectivity index (χ4v) is 4.43. The number of fused-ring (bicyclic) bond motifs is 1. The van der Waals surface area contributed by atoms with E-state index >= 15 is 0 Å². The van der Waals surface area contributed by atoms with Gasteiger partial charge in [-0.1, -0.05) is 6.07 Å². The normalized spacial score (nSPS) is 19.4. The molecule has 0 radical (unpaired) electrons. The summed E-state index contributed by atoms with van der Waals surface area (Å²) in [5, 5.41) is 2.32. The number of furan rings is 1. The van der Waals surface area contributed by atoms with Gasteiger partial charge in [-0.2, -0.15) is 0 Å². The van der Waals surface area contributed by atoms with Crippen LogP contribution in [0.3, 0.4) is 0 Å². The summed E-state index contributed by atoms with van der Waals surface area (Å²) in [6.07, 6.45) is 0.612. The van der Waals surface area contributed by atoms with Crippen LogP contribution >= 0.6 is 11.8 Å². The molecule has 1 aromatic carbocycles. The van der Waals surface area contributed by atoms with Crippen LogP contribution in [0.4, 0.5) is 0 Å². The Hall–Kier alpha value is -2.58. The number of imide groups is 1. The maximum atomic E-state index is 12.8. The molecule has 3 N–H and O–H groups in total. The van der Waals surface area contributed by atoms with E-state index in [2.05, 4.69) is 5.32 Å². The Kier molecular flexibility index (Phi) is 4.75. The number of piperidine rings is 1. The highest BCUT2D eigenvalue weighted by molar-refractivity contribution is 7.98. The Morgan fingerprint density at radius 2 is 2.00 bits per heavy atom. The van der Waals surface area contributed by atoms with Gasteiger partial charge in [-0.15, -0.1) is 11.8 Å². The number of nitrogens with one attached hydrogen (secondary N) is 1. The third-order valence-electron chi connectivity index (χ3n) is 4.83. The van der Waals surface area contributed by atoms with Crippen molar-refractivity contribution in [3.05, 3.63) is 53.0 Å². The predicted octanol–water partition coefficient (Wildman–Crippen LogP) is 1.79. The largest absolute Gasteiger partial charge is 0.464 e. The molecule has 1 saturated heterocycles. The van der Waals surface area contributed by atoms with Gasteiger partial charge in [0.2, 0.25) is 11.8 Å². The molecule has 1 atom stereocenters. The van der Waals surface area contributed by atoms with E-state index < -0.39 is 11.9 Å². The molecule has 0 spiro atoms. The molecule has 1 unspecified atom stereocenters. The van der Waals surface area contributed by atoms with E-state index in [0.717, 1.165) is 22.0 Å². The SMILES string of the molecule is NCc1ccc(CSc2cccc3c2CN(C2CCC(=O)NC2=O)C3=O)o1. The van der Waals surface area contributed by atoms with Crippen molar-refractivity contribution in [3.63, 3.8) is 0 Å². The Balaban J connectivity index is 1.52. The summed E-state index contributed by atoms with van der Waals surface area (Å²) >= 11 is 1.59. The van der Waals surface area contributed by atoms with Gasteiger partial charge in [-0.05, 0) is 36.2 Å². The molecule has 0 saturated carbocycles. The van der Waals surface area contributed by atoms with Crippen LogP contribution in [-0.2, 0) is 28.4 Å². The van der Waals surface area contributed by atoms with Crippen molar-refractivity contribution >= 4 is 29.5 Å². The quantitative estimate of drug-likeness (QED) is 0.600. The lowest BCUT2D eigenvalue weighted by Gasteiger charge is -2.29. The third-order valence-corrected chi connectivity index (χ3v) is 5.95. The maximum absolute atomic E-state index is 12.8. The zero-order valence-electron chi connectivity index (χ0n) is 14.6. The third kappa shape index (κ3) is 3.38. The van der Waals surface area contributed by atoms with Gasteiger partial charge in [-0.25, -0.2) is 0 Å². The van der Waals surface area contributed by atoms with Crippen molar-refractivity contribution in [1.82, 2.24) is 10.2 Å². The first-order valence-electron chi connectivity index (χ1n) is 8.74. The first-order chi connectivity index (χ1) is 13.1. The standard InChI is InChI=1S/C19H19N3O4S/c20-8-11-4-5-12(26-11)10-27-16-3-1-2-13-14(16)9-22(19(13)25)15-6-7-17(23)21-18(15)24/h1-5,15H,6-10,20H2,(H,21,23,24). The van der Waals surface area contributed by atoms with Crippen molar-refractivity contribution in [2.45, 2.75) is 42.6 Å². The van der Waals surface area contributed by atoms with Crippen molar-refractivity contribution in [1.29, 1.82) is 0 Å². The molecule has 4 rings (SSSR count). The molecule has 8 heteroatoms. The van der Waals surface area contributed by atoms with Crippen LogP contribution in [-0.4, -0.2) is 28.7 Å². The predicted molar refractivity (Wildman–Crippen MR) is 98.6 cm³/mol. The minimum atomic E-state index is -0.599. The summed E-state index contributed by atoms with van der Waals surface area (Å²) in [6.45, 7) is 0.733. The van der Waals surface area contributed by atoms with Crippen LogP contribution in [0.5, 0.6) is 0 Å². The van der Waals surface area contributed by atoms with Gasteiger partial charge >= 0.3 is 0 Å². The van der Waals surface area contributed by atoms with E-state index in [1.54, 1.807) is 22.7 Å². The number of thioether (sulfide) groups is 1. The van der Waals surface area contributed by atoms with Crippen molar-refractivity contribution in [2.24, 2.45) is 5.73 Å². The van der Waals surface area contributed by atoms with Crippen LogP contribution in [0.25, 0.3) is 0 Å². The highest BCUT2D eigenvalue weighted by Gasteiger charge is 2.39. The number of rotatable bonds is 5. The van der Waals surface area contributed by atoms with E-state index in [4.69, 9.17) is 10.2 Å². The van der Waals surface area contributed by atoms with Crippen molar-refractivity contribution in [3.8, 4) is 0 Å². The van der Waals surface area contributed by atoms with E-state index in [9.17, 15) is 14.4 Å². The van der Waals surface area contributed by atoms with E-state index in [-0.39, 0.29) is 18.2 Å². The first kappa shape index (κ1) is 17.8. The molecular weight excluding hydrogens is 366 g/mol. The van der Waals surface area contributed by atoms with E-state index in [1.807, 2.05) is 24.3 Å². The second-order valence-electron chi connectivity index (χ2n) is 6.54. The van der Waals surface area contributed by atoms with Gasteiger partial charge < -0.3 is 15.1 Å². The minimum absolute atomic E-state index is 0.162. The number of hydrogen-bond acceptors (Lipinski definition) is 6. The molecule has 0 aliphatic carbocycles. The lowest BCUT2D eigenvalue weighted by molar-refractivity contribution is -0.136. The van der Waals surface area contributed by atoms with Gasteiger partial charge in [0.15, 0.2) is 0 Å². The maximum Gasteiger partial charge on any atom is 0.255 e. The first-order valence-corrected chi connectivity index (χ1v) is 9.72. The van der Waals surface area contributed by atoms with Gasteiger partial charge in [0, 0.05) is 23.4 Å². The van der Waals surface area contributed by atoms with Crippen molar-refractivity contribution in [2.75, 3.05) is 0 Å². The number of benzene rings is 1. The lowest BCUT2D eigenvalue weighted by Crippen LogP contribution is -2.52. The van der Waals surface area contributed by atoms with Gasteiger partial charge in [0.25, 0.3) is 5.91 Å². The Morgan fingerprint density at radius 1 is 1.19 bits per heavy atom. The second kappa shape index (κ2) is 7.21. The van der Waals surface area contributed by atoms with E-state index in [1.165, 1.54) is 0 Å². The number of hydrogen-bond donors (Lipinski definition) is 2. The molecule has 0 bridgehead atoms. The van der Waals surface area contributed by atoms with Gasteiger partial charge in [0.05, 0.1) is 12.3 Å². The molecule has 7 nitrogen and oxygen atoms in total. The Bertz CT molecular complexity index is 923. The van der Waals surface area contributed by atoms with Crippen LogP contribution in [0, 0.1) is 0 Å². The van der Waals surface area contributed by atoms with Crippen LogP contribution in [0.2, 0.25) is 0 Å². The number of nitrogens with two attached hydrogens (primary N) is 1. The average molecular weight is 385 g/mol. The summed E-state index contributed by atoms with van der Waals surface area (Å²) in [5.41, 5.74) is 7.10. The summed E-state index contributed by atoms with van der Waals surface area (Å²) in [6, 6.07) is 8.77. The summed E-state index contributed by atoms with van der Waals surface area (Å²) in [4.78, 5) is 38.9. The Morgan fingerprint density at radius 3 is 2.74 bits per heavy atom. The highest BCUT2D eigenvalue weighted by Crippen LogP contribution is 2.35. The number of carbonyl (C=O) groups excluding carboxylic acids is 3. The molecule has 1 aromatic heterocycles. The molecule has 2 aliphatic rings. The topological polar surface area (TPSA) is 106 Å². The fourth-order valence-electron chi connectivity index (χ4n) is 3.45. The van der Waals surface area contributed by atoms with E-state index in [0.29, 0.717) is 30.8 Å². The molecule has 2 aromatic rings. The monoisotopic (exact) mass is 385 g/mol. The zero-order valence-corrected chi connectivity index (χ0v) is 15.4. The summed E-state index contributed by atoms with van der Waals surface area (Å²) < 4.78 is 5.63. The molecule has 1 fully saturated rings. The molecule has 27 heavy (non-hydrogen) atoms. The number of carbonyl (C=O) groups is 3. The molecule has 2 aliphatic heterocycles. The summed E-state index contributed by atoms with van der Waals surface area (Å²) in [7, 11) is 0. The van der Waals surface area contributed by atoms with Crippen LogP contribution < -0.4 is 11.1 Å². The molecule has 3 amide bonds. The molecule has 3 heterocycles. The zero-order chi connectivity index (χ0) is 19.0. The molecular formula is C19H19N3O4S. The lowest BCUT2D eigenvalue weighted by atomic mass is 10.0. The highest BCUT2D eigenvalue weighted by atomic mass is 32.2. The van der Waals surface area contributed by atoms with Gasteiger partial charge in [-0.3, -0.25) is 19.7 Å². The van der Waals surface area contributed by atoms with Crippen LogP contribution in [0.15, 0.2) is 39.6 Å². The minimum Gasteiger partial charge on any atom is -0.464 e. The van der Waals surface area contributed by atoms with Crippen LogP contribution in [0.1, 0.15) is 40.3 Å². The molecule has 140 valence electrons. The second-order valence-corrected chi connectivity index (χ2v) is 7.56. The average Bonchev–Trinajstić information content (AvgIpc) is 3.25. The fraction of sp³-hybridized carbons (Fsp3) is 0.316.